The molecule has 0 aliphatic heterocycles. The molecule has 26 heavy (non-hydrogen) atoms. The van der Waals surface area contributed by atoms with E-state index in [-0.39, 0.29) is 11.5 Å². The number of oxime groups is 1. The summed E-state index contributed by atoms with van der Waals surface area (Å²) in [5, 5.41) is 3.71. The molecule has 0 saturated carbocycles. The first-order valence-corrected chi connectivity index (χ1v) is 8.98. The molecule has 1 aliphatic carbocycles. The summed E-state index contributed by atoms with van der Waals surface area (Å²) in [5.41, 5.74) is 3.73. The molecule has 0 atom stereocenters. The Balaban J connectivity index is 2.10. The van der Waals surface area contributed by atoms with Crippen LogP contribution in [0.2, 0.25) is 0 Å². The van der Waals surface area contributed by atoms with E-state index in [1.807, 2.05) is 30.4 Å². The number of hydrogen-bond donors (Lipinski definition) is 0. The molecule has 1 aliphatic rings. The predicted molar refractivity (Wildman–Crippen MR) is 104 cm³/mol. The number of nitrogens with zero attached hydrogens (tertiary/aromatic N) is 1. The molecule has 0 N–H and O–H groups in total. The summed E-state index contributed by atoms with van der Waals surface area (Å²) in [4.78, 5) is 30.6. The van der Waals surface area contributed by atoms with Crippen molar-refractivity contribution in [1.29, 1.82) is 0 Å². The summed E-state index contributed by atoms with van der Waals surface area (Å²) in [6.45, 7) is 2.97. The summed E-state index contributed by atoms with van der Waals surface area (Å²) in [6.07, 6.45) is 7.57. The molecule has 0 fully saturated rings. The summed E-state index contributed by atoms with van der Waals surface area (Å²) < 4.78 is 0. The third-order valence-electron chi connectivity index (χ3n) is 3.36. The Morgan fingerprint density at radius 2 is 2.08 bits per heavy atom. The highest BCUT2D eigenvalue weighted by Crippen LogP contribution is 2.30. The maximum atomic E-state index is 12.6. The van der Waals surface area contributed by atoms with E-state index >= 15 is 0 Å². The molecule has 0 amide bonds. The first kappa shape index (κ1) is 19.5. The van der Waals surface area contributed by atoms with Crippen LogP contribution in [-0.2, 0) is 9.63 Å². The molecule has 0 saturated heterocycles. The van der Waals surface area contributed by atoms with Gasteiger partial charge in [-0.25, -0.2) is 4.79 Å². The van der Waals surface area contributed by atoms with Gasteiger partial charge in [-0.2, -0.15) is 0 Å². The number of carbonyl (C=O) groups excluding carboxylic acids is 2. The van der Waals surface area contributed by atoms with Gasteiger partial charge in [0.2, 0.25) is 5.78 Å². The van der Waals surface area contributed by atoms with E-state index in [4.69, 9.17) is 0 Å². The maximum Gasteiger partial charge on any atom is 0.331 e. The van der Waals surface area contributed by atoms with Gasteiger partial charge in [0.05, 0.1) is 0 Å². The Morgan fingerprint density at radius 3 is 2.69 bits per heavy atom. The standard InChI is InChI=1S/C21H19NO3S/c1-3-4-6-11-20(22-25-16(2)23)21(24)17-12-14-19(15-13-17)26-18-9-7-5-8-10-18/h7-9,12-15H,6,10-11H2,1-2H3/b22-20+. The number of Topliss-reactive ketones (excluding diaryl/α,β-unsaturated/α-hetero) is 1. The maximum absolute atomic E-state index is 12.6. The van der Waals surface area contributed by atoms with Crippen LogP contribution in [0.25, 0.3) is 0 Å². The van der Waals surface area contributed by atoms with Crippen molar-refractivity contribution in [2.24, 2.45) is 5.16 Å². The van der Waals surface area contributed by atoms with E-state index in [2.05, 4.69) is 27.6 Å². The fraction of sp³-hybridized carbons (Fsp3) is 0.238. The molecule has 0 radical (unpaired) electrons. The van der Waals surface area contributed by atoms with Crippen LogP contribution >= 0.6 is 11.8 Å². The van der Waals surface area contributed by atoms with Crippen molar-refractivity contribution in [2.75, 3.05) is 0 Å². The highest BCUT2D eigenvalue weighted by Gasteiger charge is 2.15. The summed E-state index contributed by atoms with van der Waals surface area (Å²) >= 11 is 1.65. The second-order valence-corrected chi connectivity index (χ2v) is 6.58. The molecule has 2 rings (SSSR count). The zero-order chi connectivity index (χ0) is 18.8. The Labute approximate surface area is 157 Å². The molecule has 0 unspecified atom stereocenters. The van der Waals surface area contributed by atoms with Gasteiger partial charge in [0, 0.05) is 36.6 Å². The third-order valence-corrected chi connectivity index (χ3v) is 4.43. The van der Waals surface area contributed by atoms with Gasteiger partial charge in [-0.1, -0.05) is 16.9 Å². The van der Waals surface area contributed by atoms with Gasteiger partial charge < -0.3 is 4.84 Å². The Hall–Kier alpha value is -2.80. The SMILES string of the molecule is CC#CCC/C(=N\OC(C)=O)C(=O)c1ccc(SC2=CC=C=CC2)cc1. The lowest BCUT2D eigenvalue weighted by Crippen LogP contribution is -2.15. The molecule has 132 valence electrons. The zero-order valence-electron chi connectivity index (χ0n) is 14.7. The second-order valence-electron chi connectivity index (χ2n) is 5.38. The molecule has 1 aromatic carbocycles. The van der Waals surface area contributed by atoms with E-state index < -0.39 is 5.97 Å². The second kappa shape index (κ2) is 10.2. The molecule has 1 aromatic rings. The molecular formula is C21H19NO3S. The normalized spacial score (nSPS) is 12.8. The lowest BCUT2D eigenvalue weighted by atomic mass is 10.0. The van der Waals surface area contributed by atoms with Crippen LogP contribution in [-0.4, -0.2) is 17.5 Å². The van der Waals surface area contributed by atoms with Crippen LogP contribution in [0.1, 0.15) is 43.5 Å². The van der Waals surface area contributed by atoms with Crippen molar-refractivity contribution in [1.82, 2.24) is 0 Å². The van der Waals surface area contributed by atoms with E-state index in [1.165, 1.54) is 11.8 Å². The minimum absolute atomic E-state index is 0.189. The molecule has 5 heteroatoms. The molecule has 0 aromatic heterocycles. The predicted octanol–water partition coefficient (Wildman–Crippen LogP) is 4.68. The lowest BCUT2D eigenvalue weighted by Gasteiger charge is -2.07. The highest BCUT2D eigenvalue weighted by atomic mass is 32.2. The average molecular weight is 365 g/mol. The van der Waals surface area contributed by atoms with Crippen LogP contribution in [0.4, 0.5) is 0 Å². The number of rotatable bonds is 7. The van der Waals surface area contributed by atoms with Crippen LogP contribution in [0.5, 0.6) is 0 Å². The molecule has 4 nitrogen and oxygen atoms in total. The zero-order valence-corrected chi connectivity index (χ0v) is 15.6. The van der Waals surface area contributed by atoms with Crippen molar-refractivity contribution in [3.8, 4) is 11.8 Å². The first-order valence-electron chi connectivity index (χ1n) is 8.17. The first-order chi connectivity index (χ1) is 12.6. The van der Waals surface area contributed by atoms with Crippen molar-refractivity contribution in [3.05, 3.63) is 58.7 Å². The fourth-order valence-electron chi connectivity index (χ4n) is 2.13. The average Bonchev–Trinajstić information content (AvgIpc) is 2.65. The molecule has 0 heterocycles. The van der Waals surface area contributed by atoms with Gasteiger partial charge in [0.15, 0.2) is 0 Å². The van der Waals surface area contributed by atoms with Gasteiger partial charge in [-0.05, 0) is 54.3 Å². The van der Waals surface area contributed by atoms with Gasteiger partial charge in [0.1, 0.15) is 5.71 Å². The van der Waals surface area contributed by atoms with Crippen molar-refractivity contribution < 1.29 is 14.4 Å². The van der Waals surface area contributed by atoms with Crippen molar-refractivity contribution >= 4 is 29.2 Å². The lowest BCUT2D eigenvalue weighted by molar-refractivity contribution is -0.140. The number of hydrogen-bond acceptors (Lipinski definition) is 5. The van der Waals surface area contributed by atoms with Gasteiger partial charge >= 0.3 is 5.97 Å². The van der Waals surface area contributed by atoms with Crippen molar-refractivity contribution in [3.63, 3.8) is 0 Å². The molecule has 0 bridgehead atoms. The minimum atomic E-state index is -0.563. The number of benzene rings is 1. The topological polar surface area (TPSA) is 55.7 Å². The van der Waals surface area contributed by atoms with E-state index in [1.54, 1.807) is 30.8 Å². The molecular weight excluding hydrogens is 346 g/mol. The van der Waals surface area contributed by atoms with Crippen LogP contribution in [0.3, 0.4) is 0 Å². The van der Waals surface area contributed by atoms with Gasteiger partial charge in [-0.3, -0.25) is 4.79 Å². The minimum Gasteiger partial charge on any atom is -0.318 e. The number of carbonyl (C=O) groups is 2. The monoisotopic (exact) mass is 365 g/mol. The quantitative estimate of drug-likeness (QED) is 0.176. The fourth-order valence-corrected chi connectivity index (χ4v) is 3.01. The van der Waals surface area contributed by atoms with Crippen LogP contribution < -0.4 is 0 Å². The number of thioether (sulfide) groups is 1. The largest absolute Gasteiger partial charge is 0.331 e. The van der Waals surface area contributed by atoms with Gasteiger partial charge in [-0.15, -0.1) is 17.6 Å². The number of allylic oxidation sites excluding steroid dienone is 3. The van der Waals surface area contributed by atoms with E-state index in [0.717, 1.165) is 11.3 Å². The van der Waals surface area contributed by atoms with E-state index in [0.29, 0.717) is 18.4 Å². The molecule has 0 spiro atoms. The van der Waals surface area contributed by atoms with Crippen LogP contribution in [0, 0.1) is 11.8 Å². The van der Waals surface area contributed by atoms with E-state index in [9.17, 15) is 9.59 Å². The Kier molecular flexibility index (Phi) is 7.70. The third kappa shape index (κ3) is 6.25. The van der Waals surface area contributed by atoms with Gasteiger partial charge in [0.25, 0.3) is 0 Å². The van der Waals surface area contributed by atoms with Crippen LogP contribution in [0.15, 0.2) is 63.2 Å². The Bertz CT molecular complexity index is 861. The number of ketones is 1. The summed E-state index contributed by atoms with van der Waals surface area (Å²) in [5.74, 6) is 4.83. The highest BCUT2D eigenvalue weighted by molar-refractivity contribution is 8.03. The Morgan fingerprint density at radius 1 is 1.31 bits per heavy atom. The smallest absolute Gasteiger partial charge is 0.318 e. The summed E-state index contributed by atoms with van der Waals surface area (Å²) in [7, 11) is 0. The summed E-state index contributed by atoms with van der Waals surface area (Å²) in [6, 6.07) is 7.31. The van der Waals surface area contributed by atoms with Crippen molar-refractivity contribution in [2.45, 2.75) is 38.0 Å².